The van der Waals surface area contributed by atoms with Crippen LogP contribution in [-0.4, -0.2) is 9.38 Å². The SMILES string of the molecule is CCCCC[n+]1c(N)c(C#N)cc2c(=O)n3cccc(C)c3nc21. The summed E-state index contributed by atoms with van der Waals surface area (Å²) in [6.45, 7) is 4.68. The normalized spacial score (nSPS) is 11.0. The smallest absolute Gasteiger partial charge is 0.278 e. The summed E-state index contributed by atoms with van der Waals surface area (Å²) in [6, 6.07) is 7.36. The Hall–Kier alpha value is -2.94. The van der Waals surface area contributed by atoms with Gasteiger partial charge in [0.1, 0.15) is 17.0 Å². The molecule has 0 aliphatic rings. The topological polar surface area (TPSA) is 88.1 Å². The van der Waals surface area contributed by atoms with E-state index in [1.807, 2.05) is 19.1 Å². The van der Waals surface area contributed by atoms with E-state index >= 15 is 0 Å². The van der Waals surface area contributed by atoms with E-state index in [0.29, 0.717) is 34.6 Å². The van der Waals surface area contributed by atoms with Crippen molar-refractivity contribution in [1.29, 1.82) is 5.26 Å². The van der Waals surface area contributed by atoms with E-state index in [9.17, 15) is 10.1 Å². The average Bonchev–Trinajstić information content (AvgIpc) is 2.58. The molecule has 0 aromatic carbocycles. The minimum absolute atomic E-state index is 0.181. The Morgan fingerprint density at radius 2 is 2.21 bits per heavy atom. The summed E-state index contributed by atoms with van der Waals surface area (Å²) in [5, 5.41) is 9.77. The van der Waals surface area contributed by atoms with Gasteiger partial charge in [-0.05, 0) is 25.5 Å². The number of nitrogens with two attached hydrogens (primary N) is 1. The number of hydrogen-bond donors (Lipinski definition) is 1. The van der Waals surface area contributed by atoms with Gasteiger partial charge in [0.05, 0.1) is 6.54 Å². The maximum absolute atomic E-state index is 12.9. The number of nitriles is 1. The number of fused-ring (bicyclic) bond motifs is 2. The van der Waals surface area contributed by atoms with E-state index in [4.69, 9.17) is 5.73 Å². The van der Waals surface area contributed by atoms with Gasteiger partial charge in [0, 0.05) is 11.8 Å². The lowest BCUT2D eigenvalue weighted by Gasteiger charge is -2.09. The van der Waals surface area contributed by atoms with Crippen molar-refractivity contribution in [2.75, 3.05) is 5.73 Å². The molecule has 0 aliphatic heterocycles. The van der Waals surface area contributed by atoms with Gasteiger partial charge in [0.15, 0.2) is 0 Å². The van der Waals surface area contributed by atoms with E-state index in [1.165, 1.54) is 4.40 Å². The van der Waals surface area contributed by atoms with Crippen molar-refractivity contribution in [3.05, 3.63) is 45.9 Å². The van der Waals surface area contributed by atoms with E-state index in [2.05, 4.69) is 18.0 Å². The number of pyridine rings is 2. The third-order valence-electron chi connectivity index (χ3n) is 4.28. The van der Waals surface area contributed by atoms with Crippen LogP contribution in [0.25, 0.3) is 16.7 Å². The van der Waals surface area contributed by atoms with E-state index in [1.54, 1.807) is 16.8 Å². The first-order chi connectivity index (χ1) is 11.6. The Kier molecular flexibility index (Phi) is 4.17. The quantitative estimate of drug-likeness (QED) is 0.452. The molecule has 3 heterocycles. The molecule has 0 amide bonds. The van der Waals surface area contributed by atoms with Crippen molar-refractivity contribution in [2.45, 2.75) is 39.7 Å². The molecular formula is C18H20N5O+. The Bertz CT molecular complexity index is 1030. The molecule has 0 fully saturated rings. The van der Waals surface area contributed by atoms with E-state index in [-0.39, 0.29) is 5.56 Å². The number of rotatable bonds is 4. The highest BCUT2D eigenvalue weighted by Crippen LogP contribution is 2.15. The number of aryl methyl sites for hydroxylation is 2. The Morgan fingerprint density at radius 1 is 1.42 bits per heavy atom. The van der Waals surface area contributed by atoms with Crippen LogP contribution in [-0.2, 0) is 6.54 Å². The Labute approximate surface area is 139 Å². The van der Waals surface area contributed by atoms with Gasteiger partial charge in [-0.25, -0.2) is 4.57 Å². The lowest BCUT2D eigenvalue weighted by atomic mass is 10.2. The Balaban J connectivity index is 2.40. The summed E-state index contributed by atoms with van der Waals surface area (Å²) in [7, 11) is 0. The molecule has 0 spiro atoms. The van der Waals surface area contributed by atoms with Gasteiger partial charge >= 0.3 is 0 Å². The monoisotopic (exact) mass is 322 g/mol. The van der Waals surface area contributed by atoms with Crippen molar-refractivity contribution in [2.24, 2.45) is 0 Å². The average molecular weight is 322 g/mol. The lowest BCUT2D eigenvalue weighted by molar-refractivity contribution is -0.659. The van der Waals surface area contributed by atoms with Crippen LogP contribution in [0, 0.1) is 18.3 Å². The molecule has 6 nitrogen and oxygen atoms in total. The fourth-order valence-electron chi connectivity index (χ4n) is 2.95. The summed E-state index contributed by atoms with van der Waals surface area (Å²) in [6.07, 6.45) is 4.75. The first-order valence-electron chi connectivity index (χ1n) is 8.12. The zero-order valence-corrected chi connectivity index (χ0v) is 13.9. The van der Waals surface area contributed by atoms with Crippen LogP contribution in [0.1, 0.15) is 37.3 Å². The lowest BCUT2D eigenvalue weighted by Crippen LogP contribution is -2.41. The van der Waals surface area contributed by atoms with Crippen molar-refractivity contribution >= 4 is 22.5 Å². The Morgan fingerprint density at radius 3 is 2.92 bits per heavy atom. The van der Waals surface area contributed by atoms with Crippen LogP contribution in [0.2, 0.25) is 0 Å². The first kappa shape index (κ1) is 15.9. The predicted octanol–water partition coefficient (Wildman–Crippen LogP) is 2.09. The van der Waals surface area contributed by atoms with Crippen molar-refractivity contribution in [3.63, 3.8) is 0 Å². The molecule has 0 radical (unpaired) electrons. The molecule has 0 atom stereocenters. The molecule has 3 aromatic rings. The molecule has 0 saturated heterocycles. The standard InChI is InChI=1S/C18H19N5O/c1-3-4-5-8-22-15(20)13(11-19)10-14-17(22)21-16-12(2)7-6-9-23(16)18(14)24/h6-7,9-10,20H,3-5,8H2,1-2H3/p+1. The van der Waals surface area contributed by atoms with Crippen LogP contribution in [0.3, 0.4) is 0 Å². The maximum atomic E-state index is 12.9. The highest BCUT2D eigenvalue weighted by Gasteiger charge is 2.21. The molecular weight excluding hydrogens is 302 g/mol. The molecule has 2 N–H and O–H groups in total. The second-order valence-electron chi connectivity index (χ2n) is 5.95. The van der Waals surface area contributed by atoms with Gasteiger partial charge in [0.2, 0.25) is 11.5 Å². The van der Waals surface area contributed by atoms with Crippen LogP contribution in [0.15, 0.2) is 29.2 Å². The fourth-order valence-corrected chi connectivity index (χ4v) is 2.95. The molecule has 0 unspecified atom stereocenters. The third kappa shape index (κ3) is 2.48. The summed E-state index contributed by atoms with van der Waals surface area (Å²) in [5.41, 5.74) is 8.37. The van der Waals surface area contributed by atoms with Gasteiger partial charge in [-0.3, -0.25) is 9.20 Å². The van der Waals surface area contributed by atoms with Gasteiger partial charge in [-0.1, -0.05) is 30.8 Å². The second kappa shape index (κ2) is 6.28. The fraction of sp³-hybridized carbons (Fsp3) is 0.333. The van der Waals surface area contributed by atoms with Crippen molar-refractivity contribution in [3.8, 4) is 6.07 Å². The number of anilines is 1. The predicted molar refractivity (Wildman–Crippen MR) is 92.6 cm³/mol. The van der Waals surface area contributed by atoms with Crippen LogP contribution < -0.4 is 15.9 Å². The molecule has 122 valence electrons. The third-order valence-corrected chi connectivity index (χ3v) is 4.28. The number of aromatic nitrogens is 3. The van der Waals surface area contributed by atoms with Crippen LogP contribution in [0.5, 0.6) is 0 Å². The van der Waals surface area contributed by atoms with Crippen LogP contribution >= 0.6 is 0 Å². The molecule has 6 heteroatoms. The van der Waals surface area contributed by atoms with Gasteiger partial charge in [0.25, 0.3) is 11.2 Å². The largest absolute Gasteiger partial charge is 0.317 e. The molecule has 0 saturated carbocycles. The zero-order valence-electron chi connectivity index (χ0n) is 13.9. The highest BCUT2D eigenvalue weighted by atomic mass is 16.1. The minimum Gasteiger partial charge on any atom is -0.317 e. The van der Waals surface area contributed by atoms with Crippen molar-refractivity contribution in [1.82, 2.24) is 9.38 Å². The van der Waals surface area contributed by atoms with Crippen molar-refractivity contribution < 1.29 is 4.57 Å². The first-order valence-corrected chi connectivity index (χ1v) is 8.12. The number of hydrogen-bond acceptors (Lipinski definition) is 4. The molecule has 3 rings (SSSR count). The highest BCUT2D eigenvalue weighted by molar-refractivity contribution is 5.77. The molecule has 0 bridgehead atoms. The number of nitrogen functional groups attached to an aromatic ring is 1. The minimum atomic E-state index is -0.181. The zero-order chi connectivity index (χ0) is 17.3. The second-order valence-corrected chi connectivity index (χ2v) is 5.95. The van der Waals surface area contributed by atoms with Crippen LogP contribution in [0.4, 0.5) is 5.82 Å². The summed E-state index contributed by atoms with van der Waals surface area (Å²) in [4.78, 5) is 17.6. The van der Waals surface area contributed by atoms with Gasteiger partial charge in [-0.15, -0.1) is 0 Å². The van der Waals surface area contributed by atoms with Gasteiger partial charge < -0.3 is 5.73 Å². The molecule has 0 aliphatic carbocycles. The molecule has 3 aromatic heterocycles. The van der Waals surface area contributed by atoms with E-state index < -0.39 is 0 Å². The molecule has 24 heavy (non-hydrogen) atoms. The maximum Gasteiger partial charge on any atom is 0.278 e. The summed E-state index contributed by atoms with van der Waals surface area (Å²) in [5.74, 6) is 0.367. The number of nitrogens with zero attached hydrogens (tertiary/aromatic N) is 4. The summed E-state index contributed by atoms with van der Waals surface area (Å²) >= 11 is 0. The summed E-state index contributed by atoms with van der Waals surface area (Å²) < 4.78 is 3.32. The van der Waals surface area contributed by atoms with E-state index in [0.717, 1.165) is 24.8 Å². The van der Waals surface area contributed by atoms with Gasteiger partial charge in [-0.2, -0.15) is 5.26 Å². The number of unbranched alkanes of at least 4 members (excludes halogenated alkanes) is 2.